The number of sulfonamides is 1. The Bertz CT molecular complexity index is 1180. The van der Waals surface area contributed by atoms with Gasteiger partial charge in [-0.2, -0.15) is 0 Å². The Labute approximate surface area is 165 Å². The molecule has 0 fully saturated rings. The number of ether oxygens (including phenoxy) is 1. The quantitative estimate of drug-likeness (QED) is 0.694. The second kappa shape index (κ2) is 7.17. The second-order valence-corrected chi connectivity index (χ2v) is 8.75. The summed E-state index contributed by atoms with van der Waals surface area (Å²) in [6, 6.07) is 21.8. The lowest BCUT2D eigenvalue weighted by molar-refractivity contribution is 0.307. The molecule has 0 saturated carbocycles. The van der Waals surface area contributed by atoms with Crippen molar-refractivity contribution in [2.24, 2.45) is 0 Å². The third-order valence-electron chi connectivity index (χ3n) is 4.62. The smallest absolute Gasteiger partial charge is 0.229 e. The zero-order chi connectivity index (χ0) is 19.7. The van der Waals surface area contributed by atoms with Crippen LogP contribution in [0.25, 0.3) is 11.6 Å². The van der Waals surface area contributed by atoms with Crippen LogP contribution in [0, 0.1) is 6.92 Å². The average Bonchev–Trinajstić information content (AvgIpc) is 2.78. The summed E-state index contributed by atoms with van der Waals surface area (Å²) in [6.07, 6.45) is 3.23. The standard InChI is InChI=1S/C23H21NO3S/c1-16-10-11-23-22(12-16)21(20-9-4-3-7-18(20)15-27-23)14-17-6-5-8-19(13-17)24-28(2,25)26/h3-14,24H,15H2,1-2H3. The van der Waals surface area contributed by atoms with Gasteiger partial charge in [-0.1, -0.05) is 48.0 Å². The van der Waals surface area contributed by atoms with Gasteiger partial charge in [0.05, 0.1) is 6.26 Å². The summed E-state index contributed by atoms with van der Waals surface area (Å²) >= 11 is 0. The van der Waals surface area contributed by atoms with Gasteiger partial charge in [0.1, 0.15) is 12.4 Å². The molecule has 0 atom stereocenters. The molecular weight excluding hydrogens is 370 g/mol. The Morgan fingerprint density at radius 2 is 1.79 bits per heavy atom. The van der Waals surface area contributed by atoms with Gasteiger partial charge >= 0.3 is 0 Å². The lowest BCUT2D eigenvalue weighted by atomic mass is 9.92. The number of hydrogen-bond donors (Lipinski definition) is 1. The Balaban J connectivity index is 1.89. The topological polar surface area (TPSA) is 55.4 Å². The van der Waals surface area contributed by atoms with Gasteiger partial charge in [-0.25, -0.2) is 8.42 Å². The molecule has 0 aromatic heterocycles. The molecule has 3 aromatic carbocycles. The highest BCUT2D eigenvalue weighted by Crippen LogP contribution is 2.38. The summed E-state index contributed by atoms with van der Waals surface area (Å²) in [5, 5.41) is 0. The zero-order valence-electron chi connectivity index (χ0n) is 15.8. The molecule has 0 unspecified atom stereocenters. The normalized spacial score (nSPS) is 14.6. The number of anilines is 1. The van der Waals surface area contributed by atoms with E-state index in [1.165, 1.54) is 0 Å². The minimum Gasteiger partial charge on any atom is -0.488 e. The van der Waals surface area contributed by atoms with Crippen molar-refractivity contribution < 1.29 is 13.2 Å². The van der Waals surface area contributed by atoms with Gasteiger partial charge in [0.25, 0.3) is 0 Å². The number of benzene rings is 3. The van der Waals surface area contributed by atoms with Crippen molar-refractivity contribution in [3.63, 3.8) is 0 Å². The van der Waals surface area contributed by atoms with E-state index in [0.717, 1.165) is 45.4 Å². The Morgan fingerprint density at radius 3 is 2.61 bits per heavy atom. The van der Waals surface area contributed by atoms with Gasteiger partial charge in [-0.05, 0) is 59.5 Å². The fourth-order valence-electron chi connectivity index (χ4n) is 3.42. The molecule has 1 aliphatic heterocycles. The maximum absolute atomic E-state index is 11.6. The minimum absolute atomic E-state index is 0.513. The maximum Gasteiger partial charge on any atom is 0.229 e. The largest absolute Gasteiger partial charge is 0.488 e. The van der Waals surface area contributed by atoms with Crippen LogP contribution in [0.15, 0.2) is 66.7 Å². The molecule has 1 N–H and O–H groups in total. The predicted molar refractivity (Wildman–Crippen MR) is 114 cm³/mol. The lowest BCUT2D eigenvalue weighted by Gasteiger charge is -2.12. The van der Waals surface area contributed by atoms with Crippen LogP contribution in [0.4, 0.5) is 5.69 Å². The van der Waals surface area contributed by atoms with E-state index in [9.17, 15) is 8.42 Å². The molecule has 142 valence electrons. The van der Waals surface area contributed by atoms with Crippen molar-refractivity contribution in [2.75, 3.05) is 11.0 Å². The summed E-state index contributed by atoms with van der Waals surface area (Å²) in [7, 11) is -3.33. The second-order valence-electron chi connectivity index (χ2n) is 7.00. The number of fused-ring (bicyclic) bond motifs is 2. The first kappa shape index (κ1) is 18.3. The molecule has 0 bridgehead atoms. The van der Waals surface area contributed by atoms with Crippen LogP contribution in [0.3, 0.4) is 0 Å². The fraction of sp³-hybridized carbons (Fsp3) is 0.130. The molecule has 0 radical (unpaired) electrons. The van der Waals surface area contributed by atoms with Gasteiger partial charge in [0.15, 0.2) is 0 Å². The highest BCUT2D eigenvalue weighted by atomic mass is 32.2. The van der Waals surface area contributed by atoms with Crippen LogP contribution in [0.1, 0.15) is 27.8 Å². The van der Waals surface area contributed by atoms with Crippen molar-refractivity contribution in [3.05, 3.63) is 94.5 Å². The van der Waals surface area contributed by atoms with Crippen LogP contribution < -0.4 is 9.46 Å². The third kappa shape index (κ3) is 3.94. The van der Waals surface area contributed by atoms with E-state index in [-0.39, 0.29) is 0 Å². The molecule has 0 aliphatic carbocycles. The summed E-state index contributed by atoms with van der Waals surface area (Å²) in [5.41, 5.74) is 6.93. The maximum atomic E-state index is 11.6. The minimum atomic E-state index is -3.33. The number of aryl methyl sites for hydroxylation is 1. The van der Waals surface area contributed by atoms with E-state index in [0.29, 0.717) is 12.3 Å². The third-order valence-corrected chi connectivity index (χ3v) is 5.22. The van der Waals surface area contributed by atoms with Gasteiger partial charge in [0.2, 0.25) is 10.0 Å². The molecule has 28 heavy (non-hydrogen) atoms. The number of rotatable bonds is 3. The summed E-state index contributed by atoms with van der Waals surface area (Å²) in [6.45, 7) is 2.57. The SMILES string of the molecule is Cc1ccc2c(c1)C(=Cc1cccc(NS(C)(=O)=O)c1)c1ccccc1CO2. The van der Waals surface area contributed by atoms with Crippen LogP contribution in [-0.2, 0) is 16.6 Å². The van der Waals surface area contributed by atoms with Crippen LogP contribution in [0.5, 0.6) is 5.75 Å². The average molecular weight is 391 g/mol. The predicted octanol–water partition coefficient (Wildman–Crippen LogP) is 4.85. The first-order valence-electron chi connectivity index (χ1n) is 9.01. The highest BCUT2D eigenvalue weighted by Gasteiger charge is 2.19. The molecule has 4 nitrogen and oxygen atoms in total. The lowest BCUT2D eigenvalue weighted by Crippen LogP contribution is -2.09. The van der Waals surface area contributed by atoms with Crippen molar-refractivity contribution in [3.8, 4) is 5.75 Å². The van der Waals surface area contributed by atoms with Gasteiger partial charge < -0.3 is 4.74 Å². The van der Waals surface area contributed by atoms with Gasteiger partial charge in [-0.3, -0.25) is 4.72 Å². The molecular formula is C23H21NO3S. The van der Waals surface area contributed by atoms with E-state index in [1.807, 2.05) is 42.5 Å². The van der Waals surface area contributed by atoms with Gasteiger partial charge in [0, 0.05) is 11.3 Å². The molecule has 4 rings (SSSR count). The van der Waals surface area contributed by atoms with Gasteiger partial charge in [-0.15, -0.1) is 0 Å². The summed E-state index contributed by atoms with van der Waals surface area (Å²) < 4.78 is 31.7. The monoisotopic (exact) mass is 391 g/mol. The van der Waals surface area contributed by atoms with Crippen molar-refractivity contribution in [1.82, 2.24) is 0 Å². The van der Waals surface area contributed by atoms with Crippen LogP contribution >= 0.6 is 0 Å². The first-order valence-corrected chi connectivity index (χ1v) is 10.9. The number of hydrogen-bond acceptors (Lipinski definition) is 3. The van der Waals surface area contributed by atoms with E-state index < -0.39 is 10.0 Å². The van der Waals surface area contributed by atoms with Crippen LogP contribution in [-0.4, -0.2) is 14.7 Å². The van der Waals surface area contributed by atoms with E-state index in [4.69, 9.17) is 4.74 Å². The van der Waals surface area contributed by atoms with E-state index in [1.54, 1.807) is 6.07 Å². The van der Waals surface area contributed by atoms with Crippen molar-refractivity contribution in [1.29, 1.82) is 0 Å². The van der Waals surface area contributed by atoms with Crippen molar-refractivity contribution >= 4 is 27.4 Å². The zero-order valence-corrected chi connectivity index (χ0v) is 16.6. The van der Waals surface area contributed by atoms with Crippen LogP contribution in [0.2, 0.25) is 0 Å². The molecule has 0 saturated heterocycles. The molecule has 0 spiro atoms. The van der Waals surface area contributed by atoms with E-state index in [2.05, 4.69) is 35.9 Å². The fourth-order valence-corrected chi connectivity index (χ4v) is 3.97. The molecule has 0 amide bonds. The summed E-state index contributed by atoms with van der Waals surface area (Å²) in [4.78, 5) is 0. The Morgan fingerprint density at radius 1 is 0.964 bits per heavy atom. The van der Waals surface area contributed by atoms with Crippen molar-refractivity contribution in [2.45, 2.75) is 13.5 Å². The number of nitrogens with one attached hydrogen (secondary N) is 1. The molecule has 1 aliphatic rings. The summed E-state index contributed by atoms with van der Waals surface area (Å²) in [5.74, 6) is 0.846. The first-order chi connectivity index (χ1) is 13.4. The van der Waals surface area contributed by atoms with E-state index >= 15 is 0 Å². The highest BCUT2D eigenvalue weighted by molar-refractivity contribution is 7.92. The Kier molecular flexibility index (Phi) is 4.69. The molecule has 1 heterocycles. The Hall–Kier alpha value is -3.05. The molecule has 5 heteroatoms. The molecule has 3 aromatic rings.